The molecule has 1 aromatic carbocycles. The van der Waals surface area contributed by atoms with Crippen LogP contribution in [0.3, 0.4) is 0 Å². The molecule has 0 spiro atoms. The third-order valence-corrected chi connectivity index (χ3v) is 3.91. The standard InChI is InChI=1S/C15H17ClN2O/c1-2-11-9-12-10-13(18-5-7-19-8-6-18)3-4-14(12)17-15(11)16/h3-4,9-10H,2,5-8H2,1H3. The molecule has 0 unspecified atom stereocenters. The van der Waals surface area contributed by atoms with Crippen LogP contribution in [0.2, 0.25) is 5.15 Å². The molecule has 1 aliphatic heterocycles. The Labute approximate surface area is 118 Å². The van der Waals surface area contributed by atoms with Crippen LogP contribution in [0.5, 0.6) is 0 Å². The van der Waals surface area contributed by atoms with E-state index in [4.69, 9.17) is 16.3 Å². The molecular weight excluding hydrogens is 260 g/mol. The molecular formula is C15H17ClN2O. The number of aryl methyl sites for hydroxylation is 1. The van der Waals surface area contributed by atoms with Crippen LogP contribution in [0.4, 0.5) is 5.69 Å². The van der Waals surface area contributed by atoms with Gasteiger partial charge in [-0.2, -0.15) is 0 Å². The number of rotatable bonds is 2. The summed E-state index contributed by atoms with van der Waals surface area (Å²) in [5, 5.41) is 1.78. The molecule has 3 rings (SSSR count). The van der Waals surface area contributed by atoms with Gasteiger partial charge in [-0.05, 0) is 36.2 Å². The first-order valence-electron chi connectivity index (χ1n) is 6.70. The third-order valence-electron chi connectivity index (χ3n) is 3.58. The lowest BCUT2D eigenvalue weighted by molar-refractivity contribution is 0.122. The molecule has 0 amide bonds. The van der Waals surface area contributed by atoms with Crippen LogP contribution in [0.15, 0.2) is 24.3 Å². The molecule has 1 fully saturated rings. The van der Waals surface area contributed by atoms with Crippen molar-refractivity contribution in [1.29, 1.82) is 0 Å². The van der Waals surface area contributed by atoms with Gasteiger partial charge in [0, 0.05) is 24.2 Å². The summed E-state index contributed by atoms with van der Waals surface area (Å²) in [5.41, 5.74) is 3.30. The quantitative estimate of drug-likeness (QED) is 0.787. The van der Waals surface area contributed by atoms with Crippen LogP contribution in [-0.4, -0.2) is 31.3 Å². The predicted octanol–water partition coefficient (Wildman–Crippen LogP) is 3.29. The Morgan fingerprint density at radius 2 is 2.05 bits per heavy atom. The first-order valence-corrected chi connectivity index (χ1v) is 7.07. The largest absolute Gasteiger partial charge is 0.378 e. The molecule has 0 N–H and O–H groups in total. The number of hydrogen-bond acceptors (Lipinski definition) is 3. The molecule has 0 saturated carbocycles. The molecule has 4 heteroatoms. The van der Waals surface area contributed by atoms with E-state index in [1.165, 1.54) is 5.69 Å². The lowest BCUT2D eigenvalue weighted by Gasteiger charge is -2.29. The number of ether oxygens (including phenoxy) is 1. The lowest BCUT2D eigenvalue weighted by Crippen LogP contribution is -2.36. The van der Waals surface area contributed by atoms with E-state index in [2.05, 4.69) is 35.0 Å². The molecule has 2 aromatic rings. The number of pyridine rings is 1. The van der Waals surface area contributed by atoms with Gasteiger partial charge >= 0.3 is 0 Å². The van der Waals surface area contributed by atoms with E-state index in [0.29, 0.717) is 5.15 Å². The highest BCUT2D eigenvalue weighted by Gasteiger charge is 2.12. The van der Waals surface area contributed by atoms with E-state index in [1.807, 2.05) is 6.07 Å². The summed E-state index contributed by atoms with van der Waals surface area (Å²) < 4.78 is 5.39. The Kier molecular flexibility index (Phi) is 3.58. The van der Waals surface area contributed by atoms with E-state index in [9.17, 15) is 0 Å². The average Bonchev–Trinajstić information content (AvgIpc) is 2.47. The Morgan fingerprint density at radius 1 is 1.26 bits per heavy atom. The minimum atomic E-state index is 0.620. The molecule has 1 saturated heterocycles. The zero-order valence-electron chi connectivity index (χ0n) is 11.0. The Morgan fingerprint density at radius 3 is 2.79 bits per heavy atom. The van der Waals surface area contributed by atoms with Gasteiger partial charge in [-0.25, -0.2) is 4.98 Å². The molecule has 0 atom stereocenters. The van der Waals surface area contributed by atoms with Crippen molar-refractivity contribution in [2.45, 2.75) is 13.3 Å². The fourth-order valence-electron chi connectivity index (χ4n) is 2.45. The highest BCUT2D eigenvalue weighted by Crippen LogP contribution is 2.25. The van der Waals surface area contributed by atoms with E-state index in [1.54, 1.807) is 0 Å². The van der Waals surface area contributed by atoms with E-state index in [0.717, 1.165) is 49.2 Å². The molecule has 3 nitrogen and oxygen atoms in total. The molecule has 2 heterocycles. The SMILES string of the molecule is CCc1cc2cc(N3CCOCC3)ccc2nc1Cl. The van der Waals surface area contributed by atoms with E-state index in [-0.39, 0.29) is 0 Å². The van der Waals surface area contributed by atoms with Crippen LogP contribution in [0.1, 0.15) is 12.5 Å². The summed E-state index contributed by atoms with van der Waals surface area (Å²) in [5.74, 6) is 0. The smallest absolute Gasteiger partial charge is 0.132 e. The average molecular weight is 277 g/mol. The van der Waals surface area contributed by atoms with E-state index >= 15 is 0 Å². The Balaban J connectivity index is 2.01. The molecule has 0 radical (unpaired) electrons. The number of morpholine rings is 1. The van der Waals surface area contributed by atoms with Gasteiger partial charge in [-0.1, -0.05) is 18.5 Å². The molecule has 1 aliphatic rings. The van der Waals surface area contributed by atoms with Crippen LogP contribution in [-0.2, 0) is 11.2 Å². The molecule has 0 aliphatic carbocycles. The number of nitrogens with zero attached hydrogens (tertiary/aromatic N) is 2. The van der Waals surface area contributed by atoms with Crippen molar-refractivity contribution in [3.05, 3.63) is 35.0 Å². The van der Waals surface area contributed by atoms with Gasteiger partial charge in [0.15, 0.2) is 0 Å². The molecule has 100 valence electrons. The highest BCUT2D eigenvalue weighted by atomic mass is 35.5. The van der Waals surface area contributed by atoms with Crippen LogP contribution < -0.4 is 4.90 Å². The number of hydrogen-bond donors (Lipinski definition) is 0. The summed E-state index contributed by atoms with van der Waals surface area (Å²) in [6.07, 6.45) is 0.906. The zero-order chi connectivity index (χ0) is 13.2. The maximum absolute atomic E-state index is 6.15. The zero-order valence-corrected chi connectivity index (χ0v) is 11.8. The topological polar surface area (TPSA) is 25.4 Å². The van der Waals surface area contributed by atoms with Crippen molar-refractivity contribution >= 4 is 28.2 Å². The second-order valence-corrected chi connectivity index (χ2v) is 5.13. The van der Waals surface area contributed by atoms with Gasteiger partial charge in [-0.15, -0.1) is 0 Å². The Bertz CT molecular complexity index is 594. The number of benzene rings is 1. The summed E-state index contributed by atoms with van der Waals surface area (Å²) in [7, 11) is 0. The van der Waals surface area contributed by atoms with Crippen LogP contribution >= 0.6 is 11.6 Å². The number of aromatic nitrogens is 1. The van der Waals surface area contributed by atoms with Crippen LogP contribution in [0.25, 0.3) is 10.9 Å². The van der Waals surface area contributed by atoms with Crippen molar-refractivity contribution in [1.82, 2.24) is 4.98 Å². The normalized spacial score (nSPS) is 16.0. The molecule has 19 heavy (non-hydrogen) atoms. The van der Waals surface area contributed by atoms with Crippen molar-refractivity contribution in [2.24, 2.45) is 0 Å². The first-order chi connectivity index (χ1) is 9.28. The van der Waals surface area contributed by atoms with Crippen molar-refractivity contribution in [3.63, 3.8) is 0 Å². The van der Waals surface area contributed by atoms with Gasteiger partial charge in [0.25, 0.3) is 0 Å². The summed E-state index contributed by atoms with van der Waals surface area (Å²) in [6, 6.07) is 8.51. The summed E-state index contributed by atoms with van der Waals surface area (Å²) >= 11 is 6.15. The first kappa shape index (κ1) is 12.7. The summed E-state index contributed by atoms with van der Waals surface area (Å²) in [6.45, 7) is 5.61. The third kappa shape index (κ3) is 2.53. The van der Waals surface area contributed by atoms with Gasteiger partial charge in [0.1, 0.15) is 5.15 Å². The van der Waals surface area contributed by atoms with Gasteiger partial charge in [-0.3, -0.25) is 0 Å². The minimum Gasteiger partial charge on any atom is -0.378 e. The second kappa shape index (κ2) is 5.35. The lowest BCUT2D eigenvalue weighted by atomic mass is 10.1. The monoisotopic (exact) mass is 276 g/mol. The number of anilines is 1. The van der Waals surface area contributed by atoms with Gasteiger partial charge in [0.05, 0.1) is 18.7 Å². The fraction of sp³-hybridized carbons (Fsp3) is 0.400. The molecule has 0 bridgehead atoms. The predicted molar refractivity (Wildman–Crippen MR) is 79.2 cm³/mol. The summed E-state index contributed by atoms with van der Waals surface area (Å²) in [4.78, 5) is 6.81. The van der Waals surface area contributed by atoms with Crippen molar-refractivity contribution in [2.75, 3.05) is 31.2 Å². The number of fused-ring (bicyclic) bond motifs is 1. The van der Waals surface area contributed by atoms with Crippen molar-refractivity contribution < 1.29 is 4.74 Å². The molecule has 1 aromatic heterocycles. The van der Waals surface area contributed by atoms with Gasteiger partial charge in [0.2, 0.25) is 0 Å². The maximum Gasteiger partial charge on any atom is 0.132 e. The fourth-order valence-corrected chi connectivity index (χ4v) is 2.73. The minimum absolute atomic E-state index is 0.620. The number of halogens is 1. The van der Waals surface area contributed by atoms with Crippen molar-refractivity contribution in [3.8, 4) is 0 Å². The van der Waals surface area contributed by atoms with Crippen LogP contribution in [0, 0.1) is 0 Å². The van der Waals surface area contributed by atoms with E-state index < -0.39 is 0 Å². The highest BCUT2D eigenvalue weighted by molar-refractivity contribution is 6.30. The second-order valence-electron chi connectivity index (χ2n) is 4.77. The van der Waals surface area contributed by atoms with Gasteiger partial charge < -0.3 is 9.64 Å². The Hall–Kier alpha value is -1.32. The maximum atomic E-state index is 6.15.